The van der Waals surface area contributed by atoms with Gasteiger partial charge in [-0.3, -0.25) is 20.2 Å². The van der Waals surface area contributed by atoms with Gasteiger partial charge >= 0.3 is 0 Å². The summed E-state index contributed by atoms with van der Waals surface area (Å²) in [7, 11) is 3.16. The summed E-state index contributed by atoms with van der Waals surface area (Å²) in [5.41, 5.74) is 14.0. The van der Waals surface area contributed by atoms with Crippen LogP contribution < -0.4 is 30.9 Å². The number of piperazine rings is 1. The van der Waals surface area contributed by atoms with Gasteiger partial charge in [-0.1, -0.05) is 54.6 Å². The van der Waals surface area contributed by atoms with Crippen molar-refractivity contribution in [2.45, 2.75) is 36.0 Å². The summed E-state index contributed by atoms with van der Waals surface area (Å²) in [6, 6.07) is 34.0. The Morgan fingerprint density at radius 3 is 2.25 bits per heavy atom. The van der Waals surface area contributed by atoms with Crippen molar-refractivity contribution in [3.05, 3.63) is 136 Å². The normalized spacial score (nSPS) is 17.7. The first kappa shape index (κ1) is 39.3. The van der Waals surface area contributed by atoms with Crippen molar-refractivity contribution in [2.75, 3.05) is 46.6 Å². The Hall–Kier alpha value is -4.94. The smallest absolute Gasteiger partial charge is 0.260 e. The lowest BCUT2D eigenvalue weighted by Crippen LogP contribution is -2.46. The van der Waals surface area contributed by atoms with Crippen LogP contribution in [0.5, 0.6) is 0 Å². The van der Waals surface area contributed by atoms with Crippen molar-refractivity contribution >= 4 is 60.3 Å². The van der Waals surface area contributed by atoms with Crippen LogP contribution in [0.4, 0.5) is 17.1 Å². The molecule has 0 spiro atoms. The fourth-order valence-corrected chi connectivity index (χ4v) is 9.68. The number of amides is 1. The number of carbonyl (C=O) groups is 1. The van der Waals surface area contributed by atoms with Gasteiger partial charge in [0.25, 0.3) is 11.6 Å². The molecule has 56 heavy (non-hydrogen) atoms. The van der Waals surface area contributed by atoms with E-state index in [1.165, 1.54) is 0 Å². The van der Waals surface area contributed by atoms with Crippen molar-refractivity contribution < 1.29 is 13.9 Å². The second kappa shape index (κ2) is 17.5. The van der Waals surface area contributed by atoms with Crippen LogP contribution >= 0.6 is 21.0 Å². The van der Waals surface area contributed by atoms with E-state index >= 15 is 0 Å². The lowest BCUT2D eigenvalue weighted by atomic mass is 9.96. The second-order valence-electron chi connectivity index (χ2n) is 14.0. The maximum Gasteiger partial charge on any atom is 0.260 e. The molecule has 0 radical (unpaired) electrons. The number of anilines is 3. The summed E-state index contributed by atoms with van der Waals surface area (Å²) in [6.07, 6.45) is 2.66. The van der Waals surface area contributed by atoms with E-state index in [1.807, 2.05) is 92.8 Å². The van der Waals surface area contributed by atoms with E-state index in [-0.39, 0.29) is 10.6 Å². The molecule has 4 atom stereocenters. The van der Waals surface area contributed by atoms with Gasteiger partial charge in [0, 0.05) is 78.4 Å². The molecule has 2 heterocycles. The molecule has 14 heteroatoms. The van der Waals surface area contributed by atoms with Gasteiger partial charge in [-0.15, -0.1) is 21.0 Å². The number of benzene rings is 4. The summed E-state index contributed by atoms with van der Waals surface area (Å²) >= 11 is 1.60. The Labute approximate surface area is 336 Å². The van der Waals surface area contributed by atoms with Crippen LogP contribution in [-0.2, 0) is 18.0 Å². The Morgan fingerprint density at radius 1 is 0.911 bits per heavy atom. The molecule has 7 rings (SSSR count). The van der Waals surface area contributed by atoms with E-state index in [4.69, 9.17) is 5.73 Å². The molecular formula is C42H46N7O4PS2. The zero-order valence-corrected chi connectivity index (χ0v) is 34.2. The van der Waals surface area contributed by atoms with Crippen molar-refractivity contribution in [3.63, 3.8) is 0 Å². The number of carbonyl (C=O) groups excluding carboxylic acids is 1. The highest BCUT2D eigenvalue weighted by Gasteiger charge is 2.33. The molecule has 11 nitrogen and oxygen atoms in total. The van der Waals surface area contributed by atoms with Gasteiger partial charge in [-0.05, 0) is 84.7 Å². The van der Waals surface area contributed by atoms with Gasteiger partial charge < -0.3 is 24.8 Å². The van der Waals surface area contributed by atoms with Crippen LogP contribution in [0.3, 0.4) is 0 Å². The van der Waals surface area contributed by atoms with Crippen LogP contribution in [0.25, 0.3) is 22.4 Å². The summed E-state index contributed by atoms with van der Waals surface area (Å²) < 4.78 is 18.5. The van der Waals surface area contributed by atoms with Crippen LogP contribution in [0, 0.1) is 17.0 Å². The van der Waals surface area contributed by atoms with Gasteiger partial charge in [-0.25, -0.2) is 4.21 Å². The molecule has 0 bridgehead atoms. The maximum absolute atomic E-state index is 13.4. The highest BCUT2D eigenvalue weighted by atomic mass is 32.2. The zero-order valence-electron chi connectivity index (χ0n) is 31.4. The zero-order chi connectivity index (χ0) is 39.3. The third-order valence-electron chi connectivity index (χ3n) is 10.6. The summed E-state index contributed by atoms with van der Waals surface area (Å²) in [6.45, 7) is 5.16. The molecule has 4 aromatic carbocycles. The number of rotatable bonds is 13. The standard InChI is InChI=1S/C42H46N7O4PS2/c1-28-39(42(43)50)40(41(46(28)2)29-11-17-34(54)18-12-29)30-7-6-8-33(25-30)48-23-21-47(22-24-48)32-15-13-31(14-16-32)45-56(53)36-19-20-37(38(26-36)49(51)52)44-27-55-35-9-4-3-5-10-35/h3-18,25-26,36-37,44-45H,19-24,27,54H2,1-2H3,(H2,43,50). The minimum absolute atomic E-state index is 0.0724. The molecule has 1 saturated heterocycles. The van der Waals surface area contributed by atoms with Crippen molar-refractivity contribution in [1.29, 1.82) is 0 Å². The van der Waals surface area contributed by atoms with Crippen LogP contribution in [0.1, 0.15) is 28.9 Å². The minimum atomic E-state index is -1.53. The molecule has 1 aliphatic carbocycles. The highest BCUT2D eigenvalue weighted by Crippen LogP contribution is 2.40. The first-order valence-electron chi connectivity index (χ1n) is 18.6. The van der Waals surface area contributed by atoms with Gasteiger partial charge in [-0.2, -0.15) is 0 Å². The third-order valence-corrected chi connectivity index (χ3v) is 13.3. The average molecular weight is 808 g/mol. The second-order valence-corrected chi connectivity index (χ2v) is 17.1. The third kappa shape index (κ3) is 8.71. The molecule has 1 fully saturated rings. The number of nitrogens with two attached hydrogens (primary N) is 1. The predicted molar refractivity (Wildman–Crippen MR) is 234 cm³/mol. The number of hydrogen-bond acceptors (Lipinski definition) is 8. The van der Waals surface area contributed by atoms with Crippen molar-refractivity contribution in [1.82, 2.24) is 9.88 Å². The van der Waals surface area contributed by atoms with Crippen LogP contribution in [-0.4, -0.2) is 63.0 Å². The molecule has 0 saturated carbocycles. The summed E-state index contributed by atoms with van der Waals surface area (Å²) in [4.78, 5) is 30.2. The number of primary amides is 1. The number of nitrogens with zero attached hydrogens (tertiary/aromatic N) is 4. The van der Waals surface area contributed by atoms with Crippen LogP contribution in [0.2, 0.25) is 0 Å². The lowest BCUT2D eigenvalue weighted by Gasteiger charge is -2.37. The Morgan fingerprint density at radius 2 is 1.59 bits per heavy atom. The molecule has 2 aliphatic rings. The number of thioether (sulfide) groups is 1. The van der Waals surface area contributed by atoms with E-state index in [1.54, 1.807) is 17.8 Å². The van der Waals surface area contributed by atoms with E-state index in [0.29, 0.717) is 30.0 Å². The van der Waals surface area contributed by atoms with Crippen LogP contribution in [0.15, 0.2) is 120 Å². The van der Waals surface area contributed by atoms with E-state index < -0.39 is 28.2 Å². The Kier molecular flexibility index (Phi) is 12.3. The topological polar surface area (TPSA) is 139 Å². The SMILES string of the molecule is Cc1c(C(N)=O)c(-c2cccc(N3CCN(c4ccc(NS(=O)C5C=C([N+](=O)[O-])C(NCSc6ccccc6)CC5)cc4)CC3)c2)c(-c2ccc(P)cc2)n1C. The monoisotopic (exact) mass is 807 g/mol. The largest absolute Gasteiger partial charge is 0.368 e. The quantitative estimate of drug-likeness (QED) is 0.0393. The first-order chi connectivity index (χ1) is 27.1. The summed E-state index contributed by atoms with van der Waals surface area (Å²) in [5.74, 6) is 0.0992. The molecule has 4 unspecified atom stereocenters. The Balaban J connectivity index is 0.974. The fourth-order valence-electron chi connectivity index (χ4n) is 7.55. The van der Waals surface area contributed by atoms with Crippen molar-refractivity contribution in [2.24, 2.45) is 12.8 Å². The van der Waals surface area contributed by atoms with E-state index in [0.717, 1.165) is 75.8 Å². The molecule has 1 aromatic heterocycles. The van der Waals surface area contributed by atoms with Gasteiger partial charge in [0.15, 0.2) is 0 Å². The maximum atomic E-state index is 13.4. The molecule has 290 valence electrons. The van der Waals surface area contributed by atoms with Gasteiger partial charge in [0.05, 0.1) is 27.5 Å². The Bertz CT molecular complexity index is 2260. The minimum Gasteiger partial charge on any atom is -0.368 e. The highest BCUT2D eigenvalue weighted by molar-refractivity contribution is 7.99. The lowest BCUT2D eigenvalue weighted by molar-refractivity contribution is -0.431. The molecule has 4 N–H and O–H groups in total. The molecule has 1 aliphatic heterocycles. The number of aromatic nitrogens is 1. The number of nitrogens with one attached hydrogen (secondary N) is 2. The van der Waals surface area contributed by atoms with E-state index in [9.17, 15) is 19.1 Å². The van der Waals surface area contributed by atoms with Gasteiger partial charge in [0.1, 0.15) is 11.0 Å². The molecule has 1 amide bonds. The average Bonchev–Trinajstić information content (AvgIpc) is 3.48. The number of nitro groups is 1. The predicted octanol–water partition coefficient (Wildman–Crippen LogP) is 6.70. The van der Waals surface area contributed by atoms with Gasteiger partial charge in [0.2, 0.25) is 0 Å². The molecular weight excluding hydrogens is 762 g/mol. The first-order valence-corrected chi connectivity index (χ1v) is 21.3. The van der Waals surface area contributed by atoms with E-state index in [2.05, 4.69) is 57.9 Å². The molecule has 5 aromatic rings. The fraction of sp³-hybridized carbons (Fsp3) is 0.262. The number of hydrogen-bond donors (Lipinski definition) is 3. The van der Waals surface area contributed by atoms with Crippen molar-refractivity contribution in [3.8, 4) is 22.4 Å². The summed E-state index contributed by atoms with van der Waals surface area (Å²) in [5, 5.41) is 15.9.